The maximum absolute atomic E-state index is 5.68. The second kappa shape index (κ2) is 14.2. The Morgan fingerprint density at radius 3 is 3.00 bits per heavy atom. The minimum absolute atomic E-state index is 0. The van der Waals surface area contributed by atoms with Gasteiger partial charge in [-0.2, -0.15) is 5.10 Å². The van der Waals surface area contributed by atoms with E-state index >= 15 is 0 Å². The third kappa shape index (κ3) is 9.72. The van der Waals surface area contributed by atoms with Gasteiger partial charge >= 0.3 is 0 Å². The predicted molar refractivity (Wildman–Crippen MR) is 115 cm³/mol. The molecule has 1 saturated heterocycles. The number of hydrogen-bond donors (Lipinski definition) is 2. The Labute approximate surface area is 174 Å². The molecule has 2 N–H and O–H groups in total. The second-order valence-corrected chi connectivity index (χ2v) is 6.38. The summed E-state index contributed by atoms with van der Waals surface area (Å²) >= 11 is 0. The van der Waals surface area contributed by atoms with Crippen molar-refractivity contribution >= 4 is 29.9 Å². The molecule has 7 nitrogen and oxygen atoms in total. The molecule has 1 unspecified atom stereocenters. The van der Waals surface area contributed by atoms with Crippen LogP contribution < -0.4 is 10.6 Å². The van der Waals surface area contributed by atoms with Crippen molar-refractivity contribution in [2.24, 2.45) is 12.0 Å². The standard InChI is InChI=1S/C18H33N5O2.HI/c1-3-19-18(20-9-4-7-16-13-22-23(2)14-16)21-10-6-11-24-15-17-8-5-12-25-17;/h13-14,17H,3-12,15H2,1-2H3,(H2,19,20,21);1H. The number of nitrogens with one attached hydrogen (secondary N) is 2. The fourth-order valence-corrected chi connectivity index (χ4v) is 2.79. The molecular formula is C18H34IN5O2. The zero-order chi connectivity index (χ0) is 17.7. The highest BCUT2D eigenvalue weighted by Gasteiger charge is 2.14. The first-order valence-electron chi connectivity index (χ1n) is 9.47. The van der Waals surface area contributed by atoms with Gasteiger partial charge < -0.3 is 20.1 Å². The average molecular weight is 479 g/mol. The molecule has 1 aliphatic rings. The van der Waals surface area contributed by atoms with Crippen molar-refractivity contribution < 1.29 is 9.47 Å². The van der Waals surface area contributed by atoms with Crippen molar-refractivity contribution in [3.8, 4) is 0 Å². The number of aryl methyl sites for hydroxylation is 2. The number of rotatable bonds is 11. The van der Waals surface area contributed by atoms with Gasteiger partial charge in [-0.3, -0.25) is 9.67 Å². The molecule has 0 aliphatic carbocycles. The predicted octanol–water partition coefficient (Wildman–Crippen LogP) is 2.11. The lowest BCUT2D eigenvalue weighted by Crippen LogP contribution is -2.38. The molecule has 2 heterocycles. The van der Waals surface area contributed by atoms with Crippen LogP contribution >= 0.6 is 24.0 Å². The van der Waals surface area contributed by atoms with Crippen LogP contribution in [-0.4, -0.2) is 61.3 Å². The van der Waals surface area contributed by atoms with Crippen LogP contribution in [-0.2, 0) is 22.9 Å². The Bertz CT molecular complexity index is 504. The first-order chi connectivity index (χ1) is 12.3. The molecule has 1 fully saturated rings. The van der Waals surface area contributed by atoms with Gasteiger partial charge in [0.15, 0.2) is 5.96 Å². The maximum atomic E-state index is 5.68. The first kappa shape index (κ1) is 23.2. The zero-order valence-corrected chi connectivity index (χ0v) is 18.4. The van der Waals surface area contributed by atoms with Crippen LogP contribution in [0.2, 0.25) is 0 Å². The Balaban J connectivity index is 0.00000338. The molecule has 0 aromatic carbocycles. The van der Waals surface area contributed by atoms with Crippen molar-refractivity contribution in [1.29, 1.82) is 0 Å². The normalized spacial score (nSPS) is 17.2. The molecule has 8 heteroatoms. The van der Waals surface area contributed by atoms with Gasteiger partial charge in [0, 0.05) is 46.1 Å². The minimum Gasteiger partial charge on any atom is -0.379 e. The number of aromatic nitrogens is 2. The van der Waals surface area contributed by atoms with Crippen LogP contribution in [0.5, 0.6) is 0 Å². The van der Waals surface area contributed by atoms with Gasteiger partial charge in [0.2, 0.25) is 0 Å². The van der Waals surface area contributed by atoms with E-state index in [1.54, 1.807) is 0 Å². The fourth-order valence-electron chi connectivity index (χ4n) is 2.79. The highest BCUT2D eigenvalue weighted by Crippen LogP contribution is 2.11. The van der Waals surface area contributed by atoms with Crippen molar-refractivity contribution in [2.45, 2.75) is 45.1 Å². The molecule has 0 amide bonds. The molecular weight excluding hydrogens is 445 g/mol. The molecule has 1 aromatic heterocycles. The molecule has 26 heavy (non-hydrogen) atoms. The van der Waals surface area contributed by atoms with Crippen LogP contribution in [0.25, 0.3) is 0 Å². The molecule has 150 valence electrons. The Kier molecular flexibility index (Phi) is 12.7. The summed E-state index contributed by atoms with van der Waals surface area (Å²) in [5.74, 6) is 0.882. The van der Waals surface area contributed by atoms with E-state index < -0.39 is 0 Å². The SMILES string of the molecule is CCNC(=NCCCc1cnn(C)c1)NCCCOCC1CCCO1.I. The van der Waals surface area contributed by atoms with Gasteiger partial charge in [0.05, 0.1) is 18.9 Å². The average Bonchev–Trinajstić information content (AvgIpc) is 3.26. The highest BCUT2D eigenvalue weighted by atomic mass is 127. The molecule has 0 saturated carbocycles. The topological polar surface area (TPSA) is 72.7 Å². The number of hydrogen-bond acceptors (Lipinski definition) is 4. The van der Waals surface area contributed by atoms with Gasteiger partial charge in [0.25, 0.3) is 0 Å². The van der Waals surface area contributed by atoms with Crippen molar-refractivity contribution in [3.05, 3.63) is 18.0 Å². The molecule has 2 rings (SSSR count). The van der Waals surface area contributed by atoms with Gasteiger partial charge in [-0.15, -0.1) is 24.0 Å². The minimum atomic E-state index is 0. The van der Waals surface area contributed by atoms with Crippen molar-refractivity contribution in [2.75, 3.05) is 39.5 Å². The van der Waals surface area contributed by atoms with Crippen LogP contribution in [0, 0.1) is 0 Å². The zero-order valence-electron chi connectivity index (χ0n) is 16.1. The summed E-state index contributed by atoms with van der Waals surface area (Å²) in [7, 11) is 1.94. The number of aliphatic imine (C=N–C) groups is 1. The van der Waals surface area contributed by atoms with Crippen LogP contribution in [0.4, 0.5) is 0 Å². The van der Waals surface area contributed by atoms with Gasteiger partial charge in [-0.05, 0) is 44.6 Å². The van der Waals surface area contributed by atoms with Gasteiger partial charge in [0.1, 0.15) is 0 Å². The smallest absolute Gasteiger partial charge is 0.191 e. The Morgan fingerprint density at radius 1 is 1.42 bits per heavy atom. The van der Waals surface area contributed by atoms with E-state index in [0.717, 1.165) is 71.1 Å². The number of ether oxygens (including phenoxy) is 2. The van der Waals surface area contributed by atoms with E-state index in [1.165, 1.54) is 12.0 Å². The molecule has 1 aromatic rings. The van der Waals surface area contributed by atoms with E-state index in [-0.39, 0.29) is 24.0 Å². The first-order valence-corrected chi connectivity index (χ1v) is 9.47. The quantitative estimate of drug-likeness (QED) is 0.220. The summed E-state index contributed by atoms with van der Waals surface area (Å²) < 4.78 is 13.1. The summed E-state index contributed by atoms with van der Waals surface area (Å²) in [5.41, 5.74) is 1.26. The fraction of sp³-hybridized carbons (Fsp3) is 0.778. The van der Waals surface area contributed by atoms with Crippen LogP contribution in [0.1, 0.15) is 38.2 Å². The summed E-state index contributed by atoms with van der Waals surface area (Å²) in [6, 6.07) is 0. The lowest BCUT2D eigenvalue weighted by atomic mass is 10.2. The maximum Gasteiger partial charge on any atom is 0.191 e. The largest absolute Gasteiger partial charge is 0.379 e. The van der Waals surface area contributed by atoms with Crippen molar-refractivity contribution in [1.82, 2.24) is 20.4 Å². The molecule has 1 atom stereocenters. The van der Waals surface area contributed by atoms with Gasteiger partial charge in [-0.25, -0.2) is 0 Å². The van der Waals surface area contributed by atoms with E-state index in [0.29, 0.717) is 6.10 Å². The second-order valence-electron chi connectivity index (χ2n) is 6.38. The number of halogens is 1. The Morgan fingerprint density at radius 2 is 2.31 bits per heavy atom. The van der Waals surface area contributed by atoms with Crippen LogP contribution in [0.15, 0.2) is 17.4 Å². The van der Waals surface area contributed by atoms with E-state index in [1.807, 2.05) is 17.9 Å². The molecule has 0 spiro atoms. The lowest BCUT2D eigenvalue weighted by molar-refractivity contribution is 0.0168. The summed E-state index contributed by atoms with van der Waals surface area (Å²) in [6.07, 6.45) is 9.58. The monoisotopic (exact) mass is 479 g/mol. The third-order valence-corrected chi connectivity index (χ3v) is 4.08. The lowest BCUT2D eigenvalue weighted by Gasteiger charge is -2.12. The molecule has 0 bridgehead atoms. The summed E-state index contributed by atoms with van der Waals surface area (Å²) in [5, 5.41) is 10.8. The Hall–Kier alpha value is -0.870. The van der Waals surface area contributed by atoms with Crippen LogP contribution in [0.3, 0.4) is 0 Å². The number of guanidine groups is 1. The number of nitrogens with zero attached hydrogens (tertiary/aromatic N) is 3. The summed E-state index contributed by atoms with van der Waals surface area (Å²) in [4.78, 5) is 4.62. The molecule has 1 aliphatic heterocycles. The van der Waals surface area contributed by atoms with E-state index in [4.69, 9.17) is 9.47 Å². The van der Waals surface area contributed by atoms with Gasteiger partial charge in [-0.1, -0.05) is 0 Å². The third-order valence-electron chi connectivity index (χ3n) is 4.08. The van der Waals surface area contributed by atoms with Crippen molar-refractivity contribution in [3.63, 3.8) is 0 Å². The summed E-state index contributed by atoms with van der Waals surface area (Å²) in [6.45, 7) is 6.98. The van der Waals surface area contributed by atoms with E-state index in [9.17, 15) is 0 Å². The molecule has 0 radical (unpaired) electrons. The van der Waals surface area contributed by atoms with E-state index in [2.05, 4.69) is 33.8 Å². The highest BCUT2D eigenvalue weighted by molar-refractivity contribution is 14.0.